The van der Waals surface area contributed by atoms with E-state index in [0.29, 0.717) is 15.6 Å². The number of allylic oxidation sites excluding steroid dienone is 2. The molecule has 1 heterocycles. The summed E-state index contributed by atoms with van der Waals surface area (Å²) in [5, 5.41) is 3.46. The predicted octanol–water partition coefficient (Wildman–Crippen LogP) is 4.16. The lowest BCUT2D eigenvalue weighted by molar-refractivity contribution is 0.0982. The van der Waals surface area contributed by atoms with Crippen LogP contribution in [-0.4, -0.2) is 16.6 Å². The highest BCUT2D eigenvalue weighted by atomic mass is 79.9. The first-order valence-electron chi connectivity index (χ1n) is 5.96. The molecular formula is C14H8BrClN2O2S. The number of thiazole rings is 1. The number of fused-ring (bicyclic) bond motifs is 1. The second-order valence-corrected chi connectivity index (χ2v) is 6.89. The molecule has 21 heavy (non-hydrogen) atoms. The number of hydrogen-bond donors (Lipinski definition) is 1. The van der Waals surface area contributed by atoms with Gasteiger partial charge in [0.1, 0.15) is 21.3 Å². The summed E-state index contributed by atoms with van der Waals surface area (Å²) in [5.74, 6) is -0.724. The van der Waals surface area contributed by atoms with Crippen LogP contribution in [0.5, 0.6) is 0 Å². The number of nitrogens with zero attached hydrogens (tertiary/aromatic N) is 1. The number of carbonyl (C=O) groups is 2. The first-order chi connectivity index (χ1) is 9.97. The van der Waals surface area contributed by atoms with E-state index < -0.39 is 5.78 Å². The summed E-state index contributed by atoms with van der Waals surface area (Å²) in [7, 11) is 0. The van der Waals surface area contributed by atoms with E-state index in [-0.39, 0.29) is 22.2 Å². The SMILES string of the molecule is Cc1nc2c(s1)C(=O)C(Nc1ccc(Br)cc1)=C(Cl)C2=O. The minimum Gasteiger partial charge on any atom is -0.351 e. The van der Waals surface area contributed by atoms with Crippen LogP contribution in [0.2, 0.25) is 0 Å². The molecule has 1 N–H and O–H groups in total. The van der Waals surface area contributed by atoms with Gasteiger partial charge in [0, 0.05) is 10.2 Å². The Bertz CT molecular complexity index is 796. The highest BCUT2D eigenvalue weighted by molar-refractivity contribution is 9.10. The molecule has 7 heteroatoms. The zero-order chi connectivity index (χ0) is 15.1. The molecule has 0 unspecified atom stereocenters. The molecule has 2 aromatic rings. The summed E-state index contributed by atoms with van der Waals surface area (Å²) in [6.07, 6.45) is 0. The van der Waals surface area contributed by atoms with E-state index in [2.05, 4.69) is 26.2 Å². The predicted molar refractivity (Wildman–Crippen MR) is 86.2 cm³/mol. The molecule has 0 radical (unpaired) electrons. The Morgan fingerprint density at radius 1 is 1.19 bits per heavy atom. The van der Waals surface area contributed by atoms with Gasteiger partial charge in [-0.15, -0.1) is 11.3 Å². The summed E-state index contributed by atoms with van der Waals surface area (Å²) in [4.78, 5) is 29.1. The quantitative estimate of drug-likeness (QED) is 0.846. The Balaban J connectivity index is 2.01. The first-order valence-corrected chi connectivity index (χ1v) is 7.95. The molecule has 3 rings (SSSR count). The topological polar surface area (TPSA) is 59.1 Å². The summed E-state index contributed by atoms with van der Waals surface area (Å²) in [6.45, 7) is 1.75. The number of aromatic nitrogens is 1. The van der Waals surface area contributed by atoms with Crippen LogP contribution >= 0.6 is 38.9 Å². The lowest BCUT2D eigenvalue weighted by atomic mass is 10.0. The third kappa shape index (κ3) is 2.54. The molecule has 106 valence electrons. The Kier molecular flexibility index (Phi) is 3.69. The van der Waals surface area contributed by atoms with E-state index in [4.69, 9.17) is 11.6 Å². The molecule has 0 saturated carbocycles. The smallest absolute Gasteiger partial charge is 0.226 e. The number of hydrogen-bond acceptors (Lipinski definition) is 5. The van der Waals surface area contributed by atoms with Crippen LogP contribution in [0.4, 0.5) is 5.69 Å². The second-order valence-electron chi connectivity index (χ2n) is 4.39. The van der Waals surface area contributed by atoms with Crippen molar-refractivity contribution < 1.29 is 9.59 Å². The minimum absolute atomic E-state index is 0.0974. The average Bonchev–Trinajstić information content (AvgIpc) is 2.85. The summed E-state index contributed by atoms with van der Waals surface area (Å²) < 4.78 is 0.916. The maximum absolute atomic E-state index is 12.5. The third-order valence-corrected chi connectivity index (χ3v) is 4.77. The molecule has 4 nitrogen and oxygen atoms in total. The van der Waals surface area contributed by atoms with Crippen molar-refractivity contribution >= 4 is 56.1 Å². The Morgan fingerprint density at radius 3 is 2.52 bits per heavy atom. The highest BCUT2D eigenvalue weighted by Crippen LogP contribution is 2.32. The molecule has 1 aromatic heterocycles. The maximum atomic E-state index is 12.5. The lowest BCUT2D eigenvalue weighted by Crippen LogP contribution is -2.23. The normalized spacial score (nSPS) is 14.4. The Labute approximate surface area is 138 Å². The maximum Gasteiger partial charge on any atom is 0.226 e. The number of nitrogens with one attached hydrogen (secondary N) is 1. The number of anilines is 1. The van der Waals surface area contributed by atoms with Gasteiger partial charge in [-0.25, -0.2) is 4.98 Å². The van der Waals surface area contributed by atoms with Crippen LogP contribution in [0.3, 0.4) is 0 Å². The largest absolute Gasteiger partial charge is 0.351 e. The summed E-state index contributed by atoms with van der Waals surface area (Å²) >= 11 is 10.6. The van der Waals surface area contributed by atoms with Gasteiger partial charge >= 0.3 is 0 Å². The zero-order valence-corrected chi connectivity index (χ0v) is 13.9. The van der Waals surface area contributed by atoms with Crippen molar-refractivity contribution in [3.05, 3.63) is 55.0 Å². The van der Waals surface area contributed by atoms with E-state index in [9.17, 15) is 9.59 Å². The van der Waals surface area contributed by atoms with Crippen molar-refractivity contribution in [3.8, 4) is 0 Å². The van der Waals surface area contributed by atoms with Gasteiger partial charge in [-0.05, 0) is 31.2 Å². The molecule has 1 aliphatic rings. The van der Waals surface area contributed by atoms with Crippen molar-refractivity contribution in [3.63, 3.8) is 0 Å². The fraction of sp³-hybridized carbons (Fsp3) is 0.0714. The summed E-state index contributed by atoms with van der Waals surface area (Å²) in [6, 6.07) is 7.22. The number of benzene rings is 1. The van der Waals surface area contributed by atoms with Crippen LogP contribution < -0.4 is 5.32 Å². The number of ketones is 2. The second kappa shape index (κ2) is 5.36. The van der Waals surface area contributed by atoms with Crippen molar-refractivity contribution in [1.29, 1.82) is 0 Å². The van der Waals surface area contributed by atoms with Gasteiger partial charge in [0.2, 0.25) is 11.6 Å². The van der Waals surface area contributed by atoms with E-state index >= 15 is 0 Å². The van der Waals surface area contributed by atoms with Crippen LogP contribution in [0, 0.1) is 6.92 Å². The number of halogens is 2. The molecule has 0 saturated heterocycles. The van der Waals surface area contributed by atoms with Crippen molar-refractivity contribution in [1.82, 2.24) is 4.98 Å². The fourth-order valence-corrected chi connectivity index (χ4v) is 3.30. The van der Waals surface area contributed by atoms with Gasteiger partial charge in [0.15, 0.2) is 0 Å². The molecule has 0 spiro atoms. The standard InChI is InChI=1S/C14H8BrClN2O2S/c1-6-17-11-12(19)9(16)10(13(20)14(11)21-6)18-8-4-2-7(15)3-5-8/h2-5,18H,1H3. The van der Waals surface area contributed by atoms with E-state index in [1.54, 1.807) is 19.1 Å². The molecule has 1 aliphatic carbocycles. The van der Waals surface area contributed by atoms with Crippen LogP contribution in [0.1, 0.15) is 25.2 Å². The number of Topliss-reactive ketones (excluding diaryl/α,β-unsaturated/α-hetero) is 2. The molecule has 0 amide bonds. The van der Waals surface area contributed by atoms with Gasteiger partial charge in [-0.3, -0.25) is 9.59 Å². The van der Waals surface area contributed by atoms with Crippen LogP contribution in [0.25, 0.3) is 0 Å². The molecule has 1 aromatic carbocycles. The molecule has 0 fully saturated rings. The summed E-state index contributed by atoms with van der Waals surface area (Å²) in [5.41, 5.74) is 0.922. The van der Waals surface area contributed by atoms with E-state index in [1.165, 1.54) is 11.3 Å². The van der Waals surface area contributed by atoms with Crippen molar-refractivity contribution in [2.75, 3.05) is 5.32 Å². The van der Waals surface area contributed by atoms with Gasteiger partial charge in [0.25, 0.3) is 0 Å². The van der Waals surface area contributed by atoms with Gasteiger partial charge in [0.05, 0.1) is 5.01 Å². The molecule has 0 bridgehead atoms. The van der Waals surface area contributed by atoms with Gasteiger partial charge in [-0.1, -0.05) is 27.5 Å². The Morgan fingerprint density at radius 2 is 1.86 bits per heavy atom. The van der Waals surface area contributed by atoms with Crippen LogP contribution in [0.15, 0.2) is 39.5 Å². The van der Waals surface area contributed by atoms with Crippen LogP contribution in [-0.2, 0) is 0 Å². The molecular weight excluding hydrogens is 376 g/mol. The lowest BCUT2D eigenvalue weighted by Gasteiger charge is -2.15. The zero-order valence-electron chi connectivity index (χ0n) is 10.7. The van der Waals surface area contributed by atoms with E-state index in [1.807, 2.05) is 12.1 Å². The van der Waals surface area contributed by atoms with Gasteiger partial charge < -0.3 is 5.32 Å². The van der Waals surface area contributed by atoms with Gasteiger partial charge in [-0.2, -0.15) is 0 Å². The van der Waals surface area contributed by atoms with Crippen molar-refractivity contribution in [2.24, 2.45) is 0 Å². The fourth-order valence-electron chi connectivity index (χ4n) is 1.95. The molecule has 0 aliphatic heterocycles. The number of aryl methyl sites for hydroxylation is 1. The third-order valence-electron chi connectivity index (χ3n) is 2.91. The minimum atomic E-state index is -0.421. The number of rotatable bonds is 2. The number of carbonyl (C=O) groups excluding carboxylic acids is 2. The monoisotopic (exact) mass is 382 g/mol. The first kappa shape index (κ1) is 14.4. The van der Waals surface area contributed by atoms with E-state index in [0.717, 1.165) is 4.47 Å². The van der Waals surface area contributed by atoms with Crippen molar-refractivity contribution in [2.45, 2.75) is 6.92 Å². The Hall–Kier alpha value is -1.50. The average molecular weight is 384 g/mol. The molecule has 0 atom stereocenters. The highest BCUT2D eigenvalue weighted by Gasteiger charge is 2.34.